The van der Waals surface area contributed by atoms with Gasteiger partial charge in [0.2, 0.25) is 17.7 Å². The molecule has 10 nitrogen and oxygen atoms in total. The second-order valence-corrected chi connectivity index (χ2v) is 9.30. The number of aromatic nitrogens is 2. The highest BCUT2D eigenvalue weighted by atomic mass is 16.5. The Morgan fingerprint density at radius 3 is 2.49 bits per heavy atom. The molecule has 1 N–H and O–H groups in total. The van der Waals surface area contributed by atoms with Gasteiger partial charge in [-0.05, 0) is 41.8 Å². The van der Waals surface area contributed by atoms with Gasteiger partial charge in [-0.1, -0.05) is 29.4 Å². The Morgan fingerprint density at radius 1 is 1.03 bits per heavy atom. The van der Waals surface area contributed by atoms with Crippen molar-refractivity contribution in [2.45, 2.75) is 25.8 Å². The normalized spacial score (nSPS) is 18.2. The van der Waals surface area contributed by atoms with Gasteiger partial charge in [-0.25, -0.2) is 0 Å². The number of anilines is 2. The summed E-state index contributed by atoms with van der Waals surface area (Å²) in [6.07, 6.45) is 1.41. The molecule has 0 radical (unpaired) electrons. The van der Waals surface area contributed by atoms with Crippen molar-refractivity contribution in [3.05, 3.63) is 65.5 Å². The number of nitrogens with one attached hydrogen (secondary N) is 1. The van der Waals surface area contributed by atoms with Crippen LogP contribution in [0, 0.1) is 5.92 Å². The number of amides is 2. The molecule has 3 aromatic rings. The van der Waals surface area contributed by atoms with Crippen LogP contribution in [0.3, 0.4) is 0 Å². The van der Waals surface area contributed by atoms with Crippen molar-refractivity contribution in [3.8, 4) is 5.75 Å². The standard InChI is InChI=1S/C27H31N5O5/c1-35-23-9-4-19(5-10-23)6-11-24-29-30-27(37-24)28-26(34)21-16-25(33)32(18-21)22-7-2-20(3-8-22)17-31-12-14-36-15-13-31/h2-5,7-10,21H,6,11-18H2,1H3,(H,28,30,34). The highest BCUT2D eigenvalue weighted by molar-refractivity contribution is 6.02. The van der Waals surface area contributed by atoms with Crippen molar-refractivity contribution in [2.24, 2.45) is 5.92 Å². The minimum absolute atomic E-state index is 0.0492. The first kappa shape index (κ1) is 24.9. The lowest BCUT2D eigenvalue weighted by atomic mass is 10.1. The van der Waals surface area contributed by atoms with E-state index in [9.17, 15) is 9.59 Å². The Balaban J connectivity index is 1.12. The number of nitrogens with zero attached hydrogens (tertiary/aromatic N) is 4. The highest BCUT2D eigenvalue weighted by Gasteiger charge is 2.35. The zero-order valence-electron chi connectivity index (χ0n) is 20.9. The molecule has 194 valence electrons. The predicted octanol–water partition coefficient (Wildman–Crippen LogP) is 2.69. The molecule has 0 saturated carbocycles. The van der Waals surface area contributed by atoms with Crippen LogP contribution >= 0.6 is 0 Å². The maximum absolute atomic E-state index is 12.8. The van der Waals surface area contributed by atoms with Gasteiger partial charge in [-0.3, -0.25) is 19.8 Å². The summed E-state index contributed by atoms with van der Waals surface area (Å²) in [5.41, 5.74) is 3.10. The van der Waals surface area contributed by atoms with Crippen LogP contribution in [0.5, 0.6) is 5.75 Å². The molecule has 2 amide bonds. The number of aryl methyl sites for hydroxylation is 2. The Labute approximate surface area is 215 Å². The molecule has 5 rings (SSSR count). The third-order valence-electron chi connectivity index (χ3n) is 6.74. The first-order valence-corrected chi connectivity index (χ1v) is 12.5. The maximum atomic E-state index is 12.8. The molecule has 0 bridgehead atoms. The lowest BCUT2D eigenvalue weighted by Gasteiger charge is -2.26. The SMILES string of the molecule is COc1ccc(CCc2nnc(NC(=O)C3CC(=O)N(c4ccc(CN5CCOCC5)cc4)C3)o2)cc1. The van der Waals surface area contributed by atoms with Crippen molar-refractivity contribution >= 4 is 23.5 Å². The number of morpholine rings is 1. The Bertz CT molecular complexity index is 1200. The molecule has 2 fully saturated rings. The minimum atomic E-state index is -0.491. The Morgan fingerprint density at radius 2 is 1.76 bits per heavy atom. The number of hydrogen-bond donors (Lipinski definition) is 1. The van der Waals surface area contributed by atoms with Gasteiger partial charge in [0.25, 0.3) is 0 Å². The molecule has 1 unspecified atom stereocenters. The van der Waals surface area contributed by atoms with E-state index in [1.54, 1.807) is 12.0 Å². The molecule has 1 aromatic heterocycles. The average Bonchev–Trinajstić information content (AvgIpc) is 3.55. The lowest BCUT2D eigenvalue weighted by Crippen LogP contribution is -2.35. The van der Waals surface area contributed by atoms with E-state index >= 15 is 0 Å². The number of methoxy groups -OCH3 is 1. The lowest BCUT2D eigenvalue weighted by molar-refractivity contribution is -0.122. The highest BCUT2D eigenvalue weighted by Crippen LogP contribution is 2.27. The van der Waals surface area contributed by atoms with E-state index in [1.807, 2.05) is 48.5 Å². The molecule has 3 heterocycles. The van der Waals surface area contributed by atoms with Crippen LogP contribution < -0.4 is 15.0 Å². The number of carbonyl (C=O) groups is 2. The Hall–Kier alpha value is -3.76. The summed E-state index contributed by atoms with van der Waals surface area (Å²) in [5.74, 6) is 0.371. The van der Waals surface area contributed by atoms with E-state index in [0.717, 1.165) is 56.3 Å². The van der Waals surface area contributed by atoms with Gasteiger partial charge in [0.05, 0.1) is 26.2 Å². The summed E-state index contributed by atoms with van der Waals surface area (Å²) in [6.45, 7) is 4.54. The van der Waals surface area contributed by atoms with Crippen LogP contribution in [0.4, 0.5) is 11.7 Å². The number of carbonyl (C=O) groups excluding carboxylic acids is 2. The van der Waals surface area contributed by atoms with E-state index in [2.05, 4.69) is 20.4 Å². The maximum Gasteiger partial charge on any atom is 0.322 e. The molecule has 2 aliphatic rings. The summed E-state index contributed by atoms with van der Waals surface area (Å²) in [4.78, 5) is 29.5. The molecule has 0 aliphatic carbocycles. The second kappa shape index (κ2) is 11.5. The van der Waals surface area contributed by atoms with E-state index in [0.29, 0.717) is 18.9 Å². The van der Waals surface area contributed by atoms with Crippen molar-refractivity contribution in [2.75, 3.05) is 50.2 Å². The van der Waals surface area contributed by atoms with Gasteiger partial charge in [0.15, 0.2) is 0 Å². The van der Waals surface area contributed by atoms with E-state index in [4.69, 9.17) is 13.9 Å². The molecule has 10 heteroatoms. The van der Waals surface area contributed by atoms with Crippen LogP contribution in [0.2, 0.25) is 0 Å². The zero-order valence-corrected chi connectivity index (χ0v) is 20.9. The van der Waals surface area contributed by atoms with Crippen molar-refractivity contribution < 1.29 is 23.5 Å². The fraction of sp³-hybridized carbons (Fsp3) is 0.407. The zero-order chi connectivity index (χ0) is 25.6. The van der Waals surface area contributed by atoms with Gasteiger partial charge >= 0.3 is 6.01 Å². The summed E-state index contributed by atoms with van der Waals surface area (Å²) in [5, 5.41) is 10.6. The van der Waals surface area contributed by atoms with E-state index in [-0.39, 0.29) is 24.2 Å². The summed E-state index contributed by atoms with van der Waals surface area (Å²) >= 11 is 0. The van der Waals surface area contributed by atoms with Gasteiger partial charge in [0, 0.05) is 44.7 Å². The summed E-state index contributed by atoms with van der Waals surface area (Å²) < 4.78 is 16.2. The topological polar surface area (TPSA) is 110 Å². The Kier molecular flexibility index (Phi) is 7.76. The number of rotatable bonds is 9. The second-order valence-electron chi connectivity index (χ2n) is 9.30. The van der Waals surface area contributed by atoms with Crippen LogP contribution in [0.1, 0.15) is 23.4 Å². The number of benzene rings is 2. The largest absolute Gasteiger partial charge is 0.497 e. The monoisotopic (exact) mass is 505 g/mol. The van der Waals surface area contributed by atoms with E-state index < -0.39 is 5.92 Å². The first-order chi connectivity index (χ1) is 18.1. The molecule has 37 heavy (non-hydrogen) atoms. The van der Waals surface area contributed by atoms with Crippen LogP contribution in [0.15, 0.2) is 52.9 Å². The van der Waals surface area contributed by atoms with Gasteiger partial charge in [0.1, 0.15) is 5.75 Å². The van der Waals surface area contributed by atoms with Crippen molar-refractivity contribution in [3.63, 3.8) is 0 Å². The third-order valence-corrected chi connectivity index (χ3v) is 6.74. The van der Waals surface area contributed by atoms with E-state index in [1.165, 1.54) is 5.56 Å². The summed E-state index contributed by atoms with van der Waals surface area (Å²) in [7, 11) is 1.63. The molecular formula is C27H31N5O5. The number of ether oxygens (including phenoxy) is 2. The van der Waals surface area contributed by atoms with Crippen LogP contribution in [0.25, 0.3) is 0 Å². The van der Waals surface area contributed by atoms with Gasteiger partial charge in [-0.2, -0.15) is 0 Å². The van der Waals surface area contributed by atoms with Gasteiger partial charge in [-0.15, -0.1) is 5.10 Å². The van der Waals surface area contributed by atoms with Gasteiger partial charge < -0.3 is 18.8 Å². The first-order valence-electron chi connectivity index (χ1n) is 12.5. The fourth-order valence-electron chi connectivity index (χ4n) is 4.59. The van der Waals surface area contributed by atoms with Crippen LogP contribution in [-0.2, 0) is 33.7 Å². The molecule has 0 spiro atoms. The molecule has 1 atom stereocenters. The molecular weight excluding hydrogens is 474 g/mol. The third kappa shape index (κ3) is 6.33. The van der Waals surface area contributed by atoms with Crippen molar-refractivity contribution in [1.82, 2.24) is 15.1 Å². The smallest absolute Gasteiger partial charge is 0.322 e. The molecule has 2 aromatic carbocycles. The minimum Gasteiger partial charge on any atom is -0.497 e. The van der Waals surface area contributed by atoms with Crippen molar-refractivity contribution in [1.29, 1.82) is 0 Å². The fourth-order valence-corrected chi connectivity index (χ4v) is 4.59. The predicted molar refractivity (Wildman–Crippen MR) is 136 cm³/mol. The molecule has 2 saturated heterocycles. The number of hydrogen-bond acceptors (Lipinski definition) is 8. The summed E-state index contributed by atoms with van der Waals surface area (Å²) in [6, 6.07) is 15.8. The molecule has 2 aliphatic heterocycles. The quantitative estimate of drug-likeness (QED) is 0.473. The average molecular weight is 506 g/mol. The van der Waals surface area contributed by atoms with Crippen LogP contribution in [-0.4, -0.2) is 66.9 Å².